The van der Waals surface area contributed by atoms with Gasteiger partial charge >= 0.3 is 7.12 Å². The van der Waals surface area contributed by atoms with Gasteiger partial charge < -0.3 is 19.3 Å². The Labute approximate surface area is 156 Å². The monoisotopic (exact) mass is 362 g/mol. The third-order valence-corrected chi connectivity index (χ3v) is 5.94. The zero-order valence-electron chi connectivity index (χ0n) is 16.6. The Balaban J connectivity index is 1.66. The second kappa shape index (κ2) is 7.42. The Morgan fingerprint density at radius 3 is 2.42 bits per heavy atom. The van der Waals surface area contributed by atoms with Crippen molar-refractivity contribution in [1.82, 2.24) is 14.9 Å². The van der Waals surface area contributed by atoms with Crippen LogP contribution in [-0.2, 0) is 9.31 Å². The van der Waals surface area contributed by atoms with Crippen molar-refractivity contribution in [1.29, 1.82) is 0 Å². The maximum Gasteiger partial charge on any atom is 0.498 e. The summed E-state index contributed by atoms with van der Waals surface area (Å²) >= 11 is 0. The molecule has 2 aliphatic rings. The molecule has 0 unspecified atom stereocenters. The quantitative estimate of drug-likeness (QED) is 0.772. The zero-order chi connectivity index (χ0) is 18.9. The van der Waals surface area contributed by atoms with Crippen LogP contribution in [0.25, 0.3) is 0 Å². The van der Waals surface area contributed by atoms with Crippen LogP contribution in [-0.4, -0.2) is 77.6 Å². The molecule has 1 aromatic rings. The molecule has 0 saturated carbocycles. The Morgan fingerprint density at radius 1 is 1.23 bits per heavy atom. The van der Waals surface area contributed by atoms with Gasteiger partial charge in [-0.15, -0.1) is 0 Å². The lowest BCUT2D eigenvalue weighted by Gasteiger charge is -2.37. The van der Waals surface area contributed by atoms with Gasteiger partial charge in [-0.2, -0.15) is 0 Å². The van der Waals surface area contributed by atoms with Crippen LogP contribution in [0.2, 0.25) is 0 Å². The molecule has 8 heteroatoms. The first kappa shape index (κ1) is 19.5. The van der Waals surface area contributed by atoms with Crippen LogP contribution in [0.15, 0.2) is 12.4 Å². The van der Waals surface area contributed by atoms with Crippen LogP contribution in [0.1, 0.15) is 40.5 Å². The van der Waals surface area contributed by atoms with Gasteiger partial charge in [-0.3, -0.25) is 4.90 Å². The van der Waals surface area contributed by atoms with E-state index in [1.165, 1.54) is 0 Å². The van der Waals surface area contributed by atoms with Gasteiger partial charge in [0.05, 0.1) is 17.8 Å². The number of aliphatic hydroxyl groups excluding tert-OH is 1. The molecule has 0 aliphatic carbocycles. The highest BCUT2D eigenvalue weighted by Crippen LogP contribution is 2.36. The van der Waals surface area contributed by atoms with Crippen molar-refractivity contribution in [2.75, 3.05) is 38.2 Å². The van der Waals surface area contributed by atoms with E-state index < -0.39 is 7.12 Å². The molecule has 26 heavy (non-hydrogen) atoms. The van der Waals surface area contributed by atoms with Crippen molar-refractivity contribution >= 4 is 18.5 Å². The molecule has 1 N–H and O–H groups in total. The summed E-state index contributed by atoms with van der Waals surface area (Å²) in [6.45, 7) is 10.9. The minimum atomic E-state index is -0.432. The van der Waals surface area contributed by atoms with Crippen molar-refractivity contribution in [2.24, 2.45) is 0 Å². The molecular weight excluding hydrogens is 331 g/mol. The minimum Gasteiger partial charge on any atom is -0.399 e. The second-order valence-corrected chi connectivity index (χ2v) is 8.35. The number of piperidine rings is 1. The maximum atomic E-state index is 9.15. The van der Waals surface area contributed by atoms with Gasteiger partial charge in [-0.05, 0) is 47.6 Å². The molecule has 0 aromatic carbocycles. The SMILES string of the molecule is CN(CCO)[C@@H]1CCCN(c2ncc(B3OC(C)(C)C(C)(C)O3)cn2)C1. The molecule has 0 radical (unpaired) electrons. The van der Waals surface area contributed by atoms with Gasteiger partial charge in [0, 0.05) is 43.5 Å². The van der Waals surface area contributed by atoms with Gasteiger partial charge in [0.1, 0.15) is 0 Å². The minimum absolute atomic E-state index is 0.187. The summed E-state index contributed by atoms with van der Waals surface area (Å²) in [4.78, 5) is 13.6. The Bertz CT molecular complexity index is 595. The van der Waals surface area contributed by atoms with Crippen LogP contribution in [0.4, 0.5) is 5.95 Å². The molecule has 7 nitrogen and oxygen atoms in total. The average molecular weight is 362 g/mol. The number of likely N-dealkylation sites (N-methyl/N-ethyl adjacent to an activating group) is 1. The molecule has 1 atom stereocenters. The highest BCUT2D eigenvalue weighted by atomic mass is 16.7. The zero-order valence-corrected chi connectivity index (χ0v) is 16.6. The summed E-state index contributed by atoms with van der Waals surface area (Å²) in [5.74, 6) is 0.743. The average Bonchev–Trinajstić information content (AvgIpc) is 2.83. The maximum absolute atomic E-state index is 9.15. The van der Waals surface area contributed by atoms with E-state index in [1.807, 2.05) is 40.1 Å². The predicted molar refractivity (Wildman–Crippen MR) is 103 cm³/mol. The number of hydrogen-bond donors (Lipinski definition) is 1. The number of hydrogen-bond acceptors (Lipinski definition) is 7. The highest BCUT2D eigenvalue weighted by molar-refractivity contribution is 6.61. The van der Waals surface area contributed by atoms with E-state index in [2.05, 4.69) is 26.8 Å². The number of nitrogens with zero attached hydrogens (tertiary/aromatic N) is 4. The molecule has 2 fully saturated rings. The van der Waals surface area contributed by atoms with E-state index in [0.29, 0.717) is 12.6 Å². The number of rotatable bonds is 5. The number of anilines is 1. The van der Waals surface area contributed by atoms with E-state index in [4.69, 9.17) is 14.4 Å². The molecule has 3 heterocycles. The normalized spacial score (nSPS) is 25.1. The Morgan fingerprint density at radius 2 is 1.85 bits per heavy atom. The van der Waals surface area contributed by atoms with Gasteiger partial charge in [0.15, 0.2) is 0 Å². The molecular formula is C18H31BN4O3. The van der Waals surface area contributed by atoms with Crippen LogP contribution in [0.5, 0.6) is 0 Å². The number of aromatic nitrogens is 2. The van der Waals surface area contributed by atoms with Gasteiger partial charge in [0.25, 0.3) is 0 Å². The molecule has 0 amide bonds. The fraction of sp³-hybridized carbons (Fsp3) is 0.778. The molecule has 1 aromatic heterocycles. The summed E-state index contributed by atoms with van der Waals surface area (Å²) in [5.41, 5.74) is 0.111. The molecule has 0 bridgehead atoms. The second-order valence-electron chi connectivity index (χ2n) is 8.35. The van der Waals surface area contributed by atoms with Gasteiger partial charge in [-0.1, -0.05) is 0 Å². The predicted octanol–water partition coefficient (Wildman–Crippen LogP) is 0.669. The van der Waals surface area contributed by atoms with Crippen molar-refractivity contribution in [3.05, 3.63) is 12.4 Å². The first-order valence-electron chi connectivity index (χ1n) is 9.47. The lowest BCUT2D eigenvalue weighted by molar-refractivity contribution is 0.00578. The Kier molecular flexibility index (Phi) is 5.58. The van der Waals surface area contributed by atoms with Crippen molar-refractivity contribution < 1.29 is 14.4 Å². The van der Waals surface area contributed by atoms with Gasteiger partial charge in [0.2, 0.25) is 5.95 Å². The van der Waals surface area contributed by atoms with Crippen LogP contribution in [0, 0.1) is 0 Å². The molecule has 2 aliphatic heterocycles. The van der Waals surface area contributed by atoms with Gasteiger partial charge in [-0.25, -0.2) is 9.97 Å². The summed E-state index contributed by atoms with van der Waals surface area (Å²) in [5, 5.41) is 9.15. The fourth-order valence-corrected chi connectivity index (χ4v) is 3.43. The molecule has 3 rings (SSSR count). The smallest absolute Gasteiger partial charge is 0.399 e. The summed E-state index contributed by atoms with van der Waals surface area (Å²) in [7, 11) is 1.63. The van der Waals surface area contributed by atoms with E-state index in [-0.39, 0.29) is 17.8 Å². The van der Waals surface area contributed by atoms with Crippen molar-refractivity contribution in [3.63, 3.8) is 0 Å². The topological polar surface area (TPSA) is 71.0 Å². The first-order valence-corrected chi connectivity index (χ1v) is 9.47. The van der Waals surface area contributed by atoms with E-state index in [1.54, 1.807) is 0 Å². The lowest BCUT2D eigenvalue weighted by atomic mass is 9.81. The largest absolute Gasteiger partial charge is 0.498 e. The standard InChI is InChI=1S/C18H31BN4O3/c1-17(2)18(3,4)26-19(25-17)14-11-20-16(21-12-14)23-8-6-7-15(13-23)22(5)9-10-24/h11-12,15,24H,6-10,13H2,1-5H3/t15-/m1/s1. The molecule has 2 saturated heterocycles. The first-order chi connectivity index (χ1) is 12.2. The van der Waals surface area contributed by atoms with E-state index in [9.17, 15) is 0 Å². The molecule has 0 spiro atoms. The lowest BCUT2D eigenvalue weighted by Crippen LogP contribution is -2.48. The summed E-state index contributed by atoms with van der Waals surface area (Å²) < 4.78 is 12.1. The van der Waals surface area contributed by atoms with Crippen LogP contribution >= 0.6 is 0 Å². The summed E-state index contributed by atoms with van der Waals surface area (Å²) in [6.07, 6.45) is 5.86. The van der Waals surface area contributed by atoms with E-state index in [0.717, 1.165) is 37.3 Å². The van der Waals surface area contributed by atoms with E-state index >= 15 is 0 Å². The van der Waals surface area contributed by atoms with Crippen LogP contribution in [0.3, 0.4) is 0 Å². The fourth-order valence-electron chi connectivity index (χ4n) is 3.43. The third kappa shape index (κ3) is 3.88. The number of aliphatic hydroxyl groups is 1. The van der Waals surface area contributed by atoms with Crippen molar-refractivity contribution in [2.45, 2.75) is 57.8 Å². The highest BCUT2D eigenvalue weighted by Gasteiger charge is 2.52. The van der Waals surface area contributed by atoms with Crippen LogP contribution < -0.4 is 10.4 Å². The summed E-state index contributed by atoms with van der Waals surface area (Å²) in [6, 6.07) is 0.419. The Hall–Kier alpha value is -1.22. The van der Waals surface area contributed by atoms with Crippen molar-refractivity contribution in [3.8, 4) is 0 Å². The third-order valence-electron chi connectivity index (χ3n) is 5.94. The molecule has 144 valence electrons.